The van der Waals surface area contributed by atoms with E-state index in [1.807, 2.05) is 19.1 Å². The van der Waals surface area contributed by atoms with Gasteiger partial charge < -0.3 is 5.73 Å². The maximum Gasteiger partial charge on any atom is 0.185 e. The van der Waals surface area contributed by atoms with Crippen LogP contribution in [-0.4, -0.2) is 15.8 Å². The van der Waals surface area contributed by atoms with E-state index in [1.165, 1.54) is 0 Å². The van der Waals surface area contributed by atoms with E-state index in [2.05, 4.69) is 9.97 Å². The van der Waals surface area contributed by atoms with E-state index in [4.69, 9.17) is 5.73 Å². The van der Waals surface area contributed by atoms with Gasteiger partial charge in [0.25, 0.3) is 0 Å². The summed E-state index contributed by atoms with van der Waals surface area (Å²) in [6.45, 7) is 1.87. The number of Topliss-reactive ketones (excluding diaryl/α,β-unsaturated/α-hetero) is 1. The van der Waals surface area contributed by atoms with Gasteiger partial charge in [-0.3, -0.25) is 9.78 Å². The molecule has 0 bridgehead atoms. The van der Waals surface area contributed by atoms with Crippen molar-refractivity contribution in [1.82, 2.24) is 9.97 Å². The first-order chi connectivity index (χ1) is 8.18. The maximum atomic E-state index is 12.0. The van der Waals surface area contributed by atoms with Crippen molar-refractivity contribution >= 4 is 11.6 Å². The predicted octanol–water partition coefficient (Wildman–Crippen LogP) is 1.79. The first-order valence-electron chi connectivity index (χ1n) is 5.32. The highest BCUT2D eigenvalue weighted by molar-refractivity contribution is 5.97. The van der Waals surface area contributed by atoms with Crippen LogP contribution in [-0.2, 0) is 6.42 Å². The molecule has 0 saturated carbocycles. The molecule has 2 aromatic heterocycles. The SMILES string of the molecule is Cc1cccnc1C(=O)Cc1cccnc1N. The summed E-state index contributed by atoms with van der Waals surface area (Å²) in [7, 11) is 0. The molecule has 4 nitrogen and oxygen atoms in total. The van der Waals surface area contributed by atoms with Crippen molar-refractivity contribution < 1.29 is 4.79 Å². The van der Waals surface area contributed by atoms with Crippen molar-refractivity contribution in [2.45, 2.75) is 13.3 Å². The number of rotatable bonds is 3. The highest BCUT2D eigenvalue weighted by atomic mass is 16.1. The topological polar surface area (TPSA) is 68.9 Å². The number of aromatic nitrogens is 2. The largest absolute Gasteiger partial charge is 0.383 e. The van der Waals surface area contributed by atoms with Crippen molar-refractivity contribution in [2.24, 2.45) is 0 Å². The van der Waals surface area contributed by atoms with Crippen LogP contribution in [0.25, 0.3) is 0 Å². The van der Waals surface area contributed by atoms with Gasteiger partial charge in [-0.2, -0.15) is 0 Å². The Bertz CT molecular complexity index is 552. The van der Waals surface area contributed by atoms with Crippen molar-refractivity contribution in [1.29, 1.82) is 0 Å². The molecular formula is C13H13N3O. The Hall–Kier alpha value is -2.23. The van der Waals surface area contributed by atoms with Gasteiger partial charge in [0.05, 0.1) is 0 Å². The number of carbonyl (C=O) groups is 1. The smallest absolute Gasteiger partial charge is 0.185 e. The number of hydrogen-bond acceptors (Lipinski definition) is 4. The molecule has 2 rings (SSSR count). The number of pyridine rings is 2. The average molecular weight is 227 g/mol. The van der Waals surface area contributed by atoms with Gasteiger partial charge in [-0.05, 0) is 24.6 Å². The lowest BCUT2D eigenvalue weighted by molar-refractivity contribution is 0.0987. The molecule has 0 aliphatic carbocycles. The minimum Gasteiger partial charge on any atom is -0.383 e. The van der Waals surface area contributed by atoms with Crippen molar-refractivity contribution in [3.8, 4) is 0 Å². The first kappa shape index (κ1) is 11.3. The maximum absolute atomic E-state index is 12.0. The van der Waals surface area contributed by atoms with E-state index < -0.39 is 0 Å². The van der Waals surface area contributed by atoms with Crippen LogP contribution in [0, 0.1) is 6.92 Å². The van der Waals surface area contributed by atoms with Gasteiger partial charge in [-0.25, -0.2) is 4.98 Å². The predicted molar refractivity (Wildman–Crippen MR) is 65.7 cm³/mol. The summed E-state index contributed by atoms with van der Waals surface area (Å²) in [6, 6.07) is 7.25. The molecule has 0 saturated heterocycles. The minimum absolute atomic E-state index is 0.0391. The number of hydrogen-bond donors (Lipinski definition) is 1. The highest BCUT2D eigenvalue weighted by Crippen LogP contribution is 2.12. The Labute approximate surface area is 99.5 Å². The number of anilines is 1. The fourth-order valence-corrected chi connectivity index (χ4v) is 1.63. The van der Waals surface area contributed by atoms with Crippen LogP contribution in [0.1, 0.15) is 21.6 Å². The van der Waals surface area contributed by atoms with Crippen molar-refractivity contribution in [3.05, 3.63) is 53.5 Å². The van der Waals surface area contributed by atoms with Crippen LogP contribution in [0.4, 0.5) is 5.82 Å². The zero-order valence-electron chi connectivity index (χ0n) is 9.55. The number of nitrogen functional groups attached to an aromatic ring is 1. The molecule has 0 aliphatic rings. The Morgan fingerprint density at radius 2 is 1.94 bits per heavy atom. The van der Waals surface area contributed by atoms with Crippen LogP contribution in [0.5, 0.6) is 0 Å². The van der Waals surface area contributed by atoms with Crippen LogP contribution < -0.4 is 5.73 Å². The van der Waals surface area contributed by atoms with E-state index in [0.717, 1.165) is 11.1 Å². The first-order valence-corrected chi connectivity index (χ1v) is 5.32. The van der Waals surface area contributed by atoms with Crippen molar-refractivity contribution in [3.63, 3.8) is 0 Å². The highest BCUT2D eigenvalue weighted by Gasteiger charge is 2.12. The molecule has 4 heteroatoms. The van der Waals surface area contributed by atoms with E-state index in [-0.39, 0.29) is 12.2 Å². The Kier molecular flexibility index (Phi) is 3.14. The average Bonchev–Trinajstić information content (AvgIpc) is 2.32. The van der Waals surface area contributed by atoms with Crippen LogP contribution in [0.3, 0.4) is 0 Å². The van der Waals surface area contributed by atoms with Gasteiger partial charge in [0.1, 0.15) is 11.5 Å². The summed E-state index contributed by atoms with van der Waals surface area (Å²) in [6.07, 6.45) is 3.46. The molecule has 2 N–H and O–H groups in total. The third kappa shape index (κ3) is 2.47. The van der Waals surface area contributed by atoms with Crippen LogP contribution in [0.2, 0.25) is 0 Å². The second-order valence-corrected chi connectivity index (χ2v) is 3.82. The molecule has 0 unspecified atom stereocenters. The van der Waals surface area contributed by atoms with Gasteiger partial charge in [-0.15, -0.1) is 0 Å². The molecule has 0 radical (unpaired) electrons. The molecule has 86 valence electrons. The standard InChI is InChI=1S/C13H13N3O/c1-9-4-2-6-15-12(9)11(17)8-10-5-3-7-16-13(10)14/h2-7H,8H2,1H3,(H2,14,16). The molecule has 0 fully saturated rings. The summed E-state index contributed by atoms with van der Waals surface area (Å²) >= 11 is 0. The lowest BCUT2D eigenvalue weighted by atomic mass is 10.0. The second-order valence-electron chi connectivity index (χ2n) is 3.82. The summed E-state index contributed by atoms with van der Waals surface area (Å²) in [5, 5.41) is 0. The molecule has 17 heavy (non-hydrogen) atoms. The quantitative estimate of drug-likeness (QED) is 0.812. The van der Waals surface area contributed by atoms with Crippen LogP contribution in [0.15, 0.2) is 36.7 Å². The molecule has 0 spiro atoms. The lowest BCUT2D eigenvalue weighted by Crippen LogP contribution is -2.10. The number of aryl methyl sites for hydroxylation is 1. The Morgan fingerprint density at radius 3 is 2.65 bits per heavy atom. The molecule has 0 atom stereocenters. The normalized spacial score (nSPS) is 10.2. The Balaban J connectivity index is 2.24. The van der Waals surface area contributed by atoms with Gasteiger partial charge in [0.2, 0.25) is 0 Å². The number of nitrogens with two attached hydrogens (primary N) is 1. The fraction of sp³-hybridized carbons (Fsp3) is 0.154. The number of nitrogens with zero attached hydrogens (tertiary/aromatic N) is 2. The second kappa shape index (κ2) is 4.74. The molecule has 2 aromatic rings. The molecule has 0 aliphatic heterocycles. The summed E-state index contributed by atoms with van der Waals surface area (Å²) in [4.78, 5) is 20.1. The third-order valence-electron chi connectivity index (χ3n) is 2.55. The van der Waals surface area contributed by atoms with E-state index in [1.54, 1.807) is 24.5 Å². The van der Waals surface area contributed by atoms with Gasteiger partial charge in [0, 0.05) is 24.4 Å². The minimum atomic E-state index is -0.0391. The zero-order valence-corrected chi connectivity index (χ0v) is 9.55. The molecule has 0 amide bonds. The summed E-state index contributed by atoms with van der Waals surface area (Å²) < 4.78 is 0. The fourth-order valence-electron chi connectivity index (χ4n) is 1.63. The van der Waals surface area contributed by atoms with E-state index >= 15 is 0 Å². The molecule has 2 heterocycles. The summed E-state index contributed by atoms with van der Waals surface area (Å²) in [5.74, 6) is 0.359. The van der Waals surface area contributed by atoms with Crippen LogP contribution >= 0.6 is 0 Å². The van der Waals surface area contributed by atoms with E-state index in [0.29, 0.717) is 11.5 Å². The monoisotopic (exact) mass is 227 g/mol. The van der Waals surface area contributed by atoms with Gasteiger partial charge in [0.15, 0.2) is 5.78 Å². The Morgan fingerprint density at radius 1 is 1.24 bits per heavy atom. The van der Waals surface area contributed by atoms with Gasteiger partial charge in [-0.1, -0.05) is 12.1 Å². The lowest BCUT2D eigenvalue weighted by Gasteiger charge is -2.05. The van der Waals surface area contributed by atoms with Gasteiger partial charge >= 0.3 is 0 Å². The van der Waals surface area contributed by atoms with Crippen molar-refractivity contribution in [2.75, 3.05) is 5.73 Å². The summed E-state index contributed by atoms with van der Waals surface area (Å²) in [5.41, 5.74) is 7.81. The molecular weight excluding hydrogens is 214 g/mol. The molecule has 0 aromatic carbocycles. The zero-order chi connectivity index (χ0) is 12.3. The third-order valence-corrected chi connectivity index (χ3v) is 2.55. The number of carbonyl (C=O) groups excluding carboxylic acids is 1. The number of ketones is 1. The van der Waals surface area contributed by atoms with E-state index in [9.17, 15) is 4.79 Å².